The summed E-state index contributed by atoms with van der Waals surface area (Å²) in [5, 5.41) is 6.52. The van der Waals surface area contributed by atoms with Gasteiger partial charge in [0.1, 0.15) is 4.90 Å². The zero-order chi connectivity index (χ0) is 14.8. The number of nitrogens with zero attached hydrogens (tertiary/aromatic N) is 2. The molecule has 8 heteroatoms. The van der Waals surface area contributed by atoms with Crippen molar-refractivity contribution in [1.29, 1.82) is 0 Å². The van der Waals surface area contributed by atoms with Gasteiger partial charge in [-0.05, 0) is 26.0 Å². The molecule has 0 aliphatic rings. The SMILES string of the molecule is Cc1cccc(CNS(=O)(=O)c2c(CN)n[nH]c2C)n1. The number of H-pyrrole nitrogens is 1. The van der Waals surface area contributed by atoms with Crippen molar-refractivity contribution < 1.29 is 8.42 Å². The summed E-state index contributed by atoms with van der Waals surface area (Å²) in [6.07, 6.45) is 0. The van der Waals surface area contributed by atoms with Gasteiger partial charge >= 0.3 is 0 Å². The van der Waals surface area contributed by atoms with E-state index in [9.17, 15) is 8.42 Å². The lowest BCUT2D eigenvalue weighted by Crippen LogP contribution is -2.25. The predicted octanol–water partition coefficient (Wildman–Crippen LogP) is 0.359. The summed E-state index contributed by atoms with van der Waals surface area (Å²) in [5.74, 6) is 0. The summed E-state index contributed by atoms with van der Waals surface area (Å²) in [7, 11) is -3.67. The fourth-order valence-corrected chi connectivity index (χ4v) is 3.27. The number of nitrogens with two attached hydrogens (primary N) is 1. The van der Waals surface area contributed by atoms with Crippen LogP contribution in [0.25, 0.3) is 0 Å². The van der Waals surface area contributed by atoms with Crippen molar-refractivity contribution in [2.75, 3.05) is 0 Å². The molecule has 0 bridgehead atoms. The zero-order valence-electron chi connectivity index (χ0n) is 11.3. The summed E-state index contributed by atoms with van der Waals surface area (Å²) in [6, 6.07) is 5.45. The van der Waals surface area contributed by atoms with E-state index in [0.29, 0.717) is 17.1 Å². The average Bonchev–Trinajstić information content (AvgIpc) is 2.78. The maximum Gasteiger partial charge on any atom is 0.244 e. The van der Waals surface area contributed by atoms with E-state index < -0.39 is 10.0 Å². The number of hydrogen-bond donors (Lipinski definition) is 3. The van der Waals surface area contributed by atoms with Crippen molar-refractivity contribution in [3.05, 3.63) is 41.0 Å². The minimum absolute atomic E-state index is 0.0588. The molecule has 2 aromatic heterocycles. The molecule has 7 nitrogen and oxygen atoms in total. The standard InChI is InChI=1S/C12H17N5O2S/c1-8-4-3-5-10(15-8)7-14-20(18,19)12-9(2)16-17-11(12)6-13/h3-5,14H,6-7,13H2,1-2H3,(H,16,17). The molecule has 0 aliphatic heterocycles. The Morgan fingerprint density at radius 1 is 1.35 bits per heavy atom. The van der Waals surface area contributed by atoms with Gasteiger partial charge in [0.15, 0.2) is 0 Å². The third-order valence-electron chi connectivity index (χ3n) is 2.81. The zero-order valence-corrected chi connectivity index (χ0v) is 12.2. The van der Waals surface area contributed by atoms with Gasteiger partial charge in [-0.25, -0.2) is 13.1 Å². The monoisotopic (exact) mass is 295 g/mol. The van der Waals surface area contributed by atoms with Crippen LogP contribution in [-0.4, -0.2) is 23.6 Å². The normalized spacial score (nSPS) is 11.8. The molecule has 2 heterocycles. The van der Waals surface area contributed by atoms with E-state index in [-0.39, 0.29) is 18.0 Å². The molecule has 2 aromatic rings. The van der Waals surface area contributed by atoms with Crippen LogP contribution in [0.3, 0.4) is 0 Å². The number of hydrogen-bond acceptors (Lipinski definition) is 5. The lowest BCUT2D eigenvalue weighted by Gasteiger charge is -2.07. The van der Waals surface area contributed by atoms with Crippen molar-refractivity contribution in [3.8, 4) is 0 Å². The van der Waals surface area contributed by atoms with E-state index in [4.69, 9.17) is 5.73 Å². The number of rotatable bonds is 5. The van der Waals surface area contributed by atoms with Crippen molar-refractivity contribution >= 4 is 10.0 Å². The lowest BCUT2D eigenvalue weighted by molar-refractivity contribution is 0.578. The molecule has 0 spiro atoms. The Labute approximate surface area is 117 Å². The second kappa shape index (κ2) is 5.70. The van der Waals surface area contributed by atoms with Gasteiger partial charge in [0.05, 0.1) is 23.6 Å². The van der Waals surface area contributed by atoms with Crippen LogP contribution in [0.5, 0.6) is 0 Å². The van der Waals surface area contributed by atoms with Crippen LogP contribution in [0, 0.1) is 13.8 Å². The minimum atomic E-state index is -3.67. The Bertz CT molecular complexity index is 708. The van der Waals surface area contributed by atoms with Gasteiger partial charge in [0.25, 0.3) is 0 Å². The summed E-state index contributed by atoms with van der Waals surface area (Å²) >= 11 is 0. The van der Waals surface area contributed by atoms with Crippen LogP contribution in [-0.2, 0) is 23.1 Å². The second-order valence-corrected chi connectivity index (χ2v) is 6.13. The number of nitrogens with one attached hydrogen (secondary N) is 2. The summed E-state index contributed by atoms with van der Waals surface area (Å²) in [6.45, 7) is 3.68. The van der Waals surface area contributed by atoms with Crippen LogP contribution in [0.1, 0.15) is 22.8 Å². The van der Waals surface area contributed by atoms with E-state index in [2.05, 4.69) is 19.9 Å². The van der Waals surface area contributed by atoms with Crippen molar-refractivity contribution in [3.63, 3.8) is 0 Å². The Kier molecular flexibility index (Phi) is 4.17. The van der Waals surface area contributed by atoms with Gasteiger partial charge < -0.3 is 5.73 Å². The van der Waals surface area contributed by atoms with E-state index in [1.165, 1.54) is 0 Å². The second-order valence-electron chi connectivity index (χ2n) is 4.42. The topological polar surface area (TPSA) is 114 Å². The Morgan fingerprint density at radius 2 is 2.10 bits per heavy atom. The molecule has 0 aromatic carbocycles. The van der Waals surface area contributed by atoms with Crippen LogP contribution >= 0.6 is 0 Å². The van der Waals surface area contributed by atoms with E-state index in [0.717, 1.165) is 5.69 Å². The molecule has 0 aliphatic carbocycles. The van der Waals surface area contributed by atoms with Crippen LogP contribution in [0.15, 0.2) is 23.1 Å². The molecule has 4 N–H and O–H groups in total. The molecule has 20 heavy (non-hydrogen) atoms. The summed E-state index contributed by atoms with van der Waals surface area (Å²) < 4.78 is 27.1. The van der Waals surface area contributed by atoms with E-state index >= 15 is 0 Å². The van der Waals surface area contributed by atoms with Gasteiger partial charge in [0.2, 0.25) is 10.0 Å². The molecule has 0 unspecified atom stereocenters. The predicted molar refractivity (Wildman–Crippen MR) is 74.2 cm³/mol. The fourth-order valence-electron chi connectivity index (χ4n) is 1.90. The van der Waals surface area contributed by atoms with Gasteiger partial charge in [-0.3, -0.25) is 10.1 Å². The molecular formula is C12H17N5O2S. The highest BCUT2D eigenvalue weighted by atomic mass is 32.2. The van der Waals surface area contributed by atoms with Gasteiger partial charge in [-0.15, -0.1) is 0 Å². The van der Waals surface area contributed by atoms with E-state index in [1.54, 1.807) is 13.0 Å². The van der Waals surface area contributed by atoms with Gasteiger partial charge in [-0.1, -0.05) is 6.07 Å². The molecule has 0 fully saturated rings. The lowest BCUT2D eigenvalue weighted by atomic mass is 10.3. The van der Waals surface area contributed by atoms with Crippen molar-refractivity contribution in [1.82, 2.24) is 19.9 Å². The Morgan fingerprint density at radius 3 is 2.75 bits per heavy atom. The maximum absolute atomic E-state index is 12.3. The van der Waals surface area contributed by atoms with Gasteiger partial charge in [-0.2, -0.15) is 5.10 Å². The smallest absolute Gasteiger partial charge is 0.244 e. The summed E-state index contributed by atoms with van der Waals surface area (Å²) in [4.78, 5) is 4.37. The fraction of sp³-hybridized carbons (Fsp3) is 0.333. The van der Waals surface area contributed by atoms with Crippen molar-refractivity contribution in [2.24, 2.45) is 5.73 Å². The van der Waals surface area contributed by atoms with Crippen LogP contribution in [0.2, 0.25) is 0 Å². The average molecular weight is 295 g/mol. The first kappa shape index (κ1) is 14.6. The minimum Gasteiger partial charge on any atom is -0.325 e. The van der Waals surface area contributed by atoms with Crippen molar-refractivity contribution in [2.45, 2.75) is 31.8 Å². The van der Waals surface area contributed by atoms with Crippen LogP contribution in [0.4, 0.5) is 0 Å². The number of pyridine rings is 1. The Balaban J connectivity index is 2.21. The first-order valence-corrected chi connectivity index (χ1v) is 7.58. The Hall–Kier alpha value is -1.77. The number of aryl methyl sites for hydroxylation is 2. The largest absolute Gasteiger partial charge is 0.325 e. The molecule has 0 saturated heterocycles. The molecule has 2 rings (SSSR count). The number of aromatic nitrogens is 3. The number of sulfonamides is 1. The molecule has 0 atom stereocenters. The number of aromatic amines is 1. The molecular weight excluding hydrogens is 278 g/mol. The van der Waals surface area contributed by atoms with Gasteiger partial charge in [0, 0.05) is 12.2 Å². The highest BCUT2D eigenvalue weighted by molar-refractivity contribution is 7.89. The van der Waals surface area contributed by atoms with Crippen LogP contribution < -0.4 is 10.5 Å². The summed E-state index contributed by atoms with van der Waals surface area (Å²) in [5.41, 5.74) is 7.79. The third kappa shape index (κ3) is 3.03. The first-order chi connectivity index (χ1) is 9.44. The molecule has 0 radical (unpaired) electrons. The maximum atomic E-state index is 12.3. The first-order valence-electron chi connectivity index (χ1n) is 6.10. The molecule has 108 valence electrons. The highest BCUT2D eigenvalue weighted by Gasteiger charge is 2.23. The van der Waals surface area contributed by atoms with E-state index in [1.807, 2.05) is 19.1 Å². The molecule has 0 saturated carbocycles. The quantitative estimate of drug-likeness (QED) is 0.737. The highest BCUT2D eigenvalue weighted by Crippen LogP contribution is 2.17. The molecule has 0 amide bonds. The third-order valence-corrected chi connectivity index (χ3v) is 4.42.